The molecule has 1 aliphatic heterocycles. The van der Waals surface area contributed by atoms with Crippen LogP contribution < -0.4 is 4.74 Å². The third-order valence-electron chi connectivity index (χ3n) is 5.61. The van der Waals surface area contributed by atoms with E-state index in [4.69, 9.17) is 18.9 Å². The van der Waals surface area contributed by atoms with E-state index in [0.29, 0.717) is 25.6 Å². The highest BCUT2D eigenvalue weighted by atomic mass is 16.7. The number of ketones is 1. The van der Waals surface area contributed by atoms with Crippen molar-refractivity contribution in [2.45, 2.75) is 51.6 Å². The van der Waals surface area contributed by atoms with Crippen molar-refractivity contribution in [3.8, 4) is 5.75 Å². The summed E-state index contributed by atoms with van der Waals surface area (Å²) in [7, 11) is 3.31. The molecule has 0 spiro atoms. The summed E-state index contributed by atoms with van der Waals surface area (Å²) >= 11 is 0. The van der Waals surface area contributed by atoms with Crippen LogP contribution >= 0.6 is 0 Å². The van der Waals surface area contributed by atoms with Gasteiger partial charge in [0.1, 0.15) is 11.5 Å². The lowest BCUT2D eigenvalue weighted by Crippen LogP contribution is -2.39. The Balaban J connectivity index is 1.64. The molecule has 5 heteroatoms. The predicted molar refractivity (Wildman–Crippen MR) is 103 cm³/mol. The third kappa shape index (κ3) is 5.41. The lowest BCUT2D eigenvalue weighted by Gasteiger charge is -2.34. The number of carbonyl (C=O) groups is 1. The fourth-order valence-corrected chi connectivity index (χ4v) is 3.92. The van der Waals surface area contributed by atoms with Gasteiger partial charge in [-0.3, -0.25) is 4.79 Å². The van der Waals surface area contributed by atoms with Crippen molar-refractivity contribution in [2.75, 3.05) is 20.8 Å². The second-order valence-electron chi connectivity index (χ2n) is 7.52. The molecule has 0 radical (unpaired) electrons. The first-order valence-electron chi connectivity index (χ1n) is 9.68. The summed E-state index contributed by atoms with van der Waals surface area (Å²) in [6.07, 6.45) is 4.89. The van der Waals surface area contributed by atoms with E-state index in [1.807, 2.05) is 24.3 Å². The Bertz CT molecular complexity index is 651. The highest BCUT2D eigenvalue weighted by molar-refractivity contribution is 5.82. The van der Waals surface area contributed by atoms with Gasteiger partial charge in [0.15, 0.2) is 6.29 Å². The zero-order valence-corrected chi connectivity index (χ0v) is 16.5. The molecule has 0 bridgehead atoms. The second kappa shape index (κ2) is 9.49. The van der Waals surface area contributed by atoms with Gasteiger partial charge in [-0.15, -0.1) is 0 Å². The second-order valence-corrected chi connectivity index (χ2v) is 7.52. The zero-order chi connectivity index (χ0) is 19.2. The Kier molecular flexibility index (Phi) is 7.05. The van der Waals surface area contributed by atoms with Crippen molar-refractivity contribution in [1.82, 2.24) is 0 Å². The first-order chi connectivity index (χ1) is 13.1. The lowest BCUT2D eigenvalue weighted by atomic mass is 9.80. The van der Waals surface area contributed by atoms with Crippen LogP contribution in [0.15, 0.2) is 35.9 Å². The van der Waals surface area contributed by atoms with Crippen molar-refractivity contribution in [1.29, 1.82) is 0 Å². The molecule has 1 saturated heterocycles. The summed E-state index contributed by atoms with van der Waals surface area (Å²) in [5, 5.41) is 0. The summed E-state index contributed by atoms with van der Waals surface area (Å²) in [5.74, 6) is 1.33. The van der Waals surface area contributed by atoms with Gasteiger partial charge >= 0.3 is 0 Å². The van der Waals surface area contributed by atoms with Crippen LogP contribution in [0.3, 0.4) is 0 Å². The van der Waals surface area contributed by atoms with Gasteiger partial charge in [0.05, 0.1) is 26.4 Å². The van der Waals surface area contributed by atoms with Crippen molar-refractivity contribution in [3.05, 3.63) is 41.5 Å². The summed E-state index contributed by atoms with van der Waals surface area (Å²) in [5.41, 5.74) is 2.35. The van der Waals surface area contributed by atoms with Crippen molar-refractivity contribution in [2.24, 2.45) is 11.8 Å². The van der Waals surface area contributed by atoms with E-state index in [1.54, 1.807) is 14.2 Å². The van der Waals surface area contributed by atoms with Crippen LogP contribution in [0.1, 0.15) is 38.2 Å². The molecule has 2 aliphatic rings. The molecule has 5 nitrogen and oxygen atoms in total. The molecule has 148 valence electrons. The number of allylic oxidation sites excluding steroid dienone is 1. The Labute approximate surface area is 161 Å². The standard InChI is InChI=1S/C22H30O5/c1-15-4-7-17-11-22(25-3)27-14-20(17)21(23)12-19(10-15)26-13-16-5-8-18(24-2)9-6-16/h5-6,8-10,17,19-20,22H,4,7,11-14H2,1-3H3/b15-10-/t17-,19+,20-,22?/m1/s1. The lowest BCUT2D eigenvalue weighted by molar-refractivity contribution is -0.181. The van der Waals surface area contributed by atoms with Crippen LogP contribution in [0.2, 0.25) is 0 Å². The molecule has 0 saturated carbocycles. The normalized spacial score (nSPS) is 31.1. The van der Waals surface area contributed by atoms with Crippen LogP contribution in [-0.2, 0) is 25.6 Å². The van der Waals surface area contributed by atoms with Gasteiger partial charge in [-0.1, -0.05) is 23.8 Å². The molecule has 27 heavy (non-hydrogen) atoms. The van der Waals surface area contributed by atoms with Crippen LogP contribution in [0.4, 0.5) is 0 Å². The molecular formula is C22H30O5. The van der Waals surface area contributed by atoms with Crippen LogP contribution in [-0.4, -0.2) is 39.0 Å². The third-order valence-corrected chi connectivity index (χ3v) is 5.61. The molecule has 0 aromatic heterocycles. The molecule has 1 fully saturated rings. The number of methoxy groups -OCH3 is 2. The summed E-state index contributed by atoms with van der Waals surface area (Å²) in [6, 6.07) is 7.82. The van der Waals surface area contributed by atoms with E-state index in [-0.39, 0.29) is 24.1 Å². The van der Waals surface area contributed by atoms with E-state index in [9.17, 15) is 4.79 Å². The number of benzene rings is 1. The number of ether oxygens (including phenoxy) is 4. The van der Waals surface area contributed by atoms with Crippen LogP contribution in [0.25, 0.3) is 0 Å². The molecule has 3 rings (SSSR count). The van der Waals surface area contributed by atoms with Gasteiger partial charge in [-0.2, -0.15) is 0 Å². The van der Waals surface area contributed by atoms with Gasteiger partial charge in [-0.05, 0) is 43.4 Å². The minimum Gasteiger partial charge on any atom is -0.497 e. The largest absolute Gasteiger partial charge is 0.497 e. The maximum absolute atomic E-state index is 12.9. The number of fused-ring (bicyclic) bond motifs is 1. The number of hydrogen-bond acceptors (Lipinski definition) is 5. The van der Waals surface area contributed by atoms with E-state index in [0.717, 1.165) is 30.6 Å². The molecule has 1 aliphatic carbocycles. The van der Waals surface area contributed by atoms with Crippen molar-refractivity contribution >= 4 is 5.78 Å². The average molecular weight is 374 g/mol. The van der Waals surface area contributed by atoms with Gasteiger partial charge in [-0.25, -0.2) is 0 Å². The minimum absolute atomic E-state index is 0.0530. The Morgan fingerprint density at radius 1 is 1.19 bits per heavy atom. The Hall–Kier alpha value is -1.69. The molecule has 0 amide bonds. The average Bonchev–Trinajstić information content (AvgIpc) is 2.75. The topological polar surface area (TPSA) is 54.0 Å². The fourth-order valence-electron chi connectivity index (χ4n) is 3.92. The Morgan fingerprint density at radius 3 is 2.67 bits per heavy atom. The van der Waals surface area contributed by atoms with Crippen LogP contribution in [0, 0.1) is 11.8 Å². The number of hydrogen-bond donors (Lipinski definition) is 0. The summed E-state index contributed by atoms with van der Waals surface area (Å²) in [4.78, 5) is 12.9. The van der Waals surface area contributed by atoms with Crippen molar-refractivity contribution < 1.29 is 23.7 Å². The molecule has 4 atom stereocenters. The van der Waals surface area contributed by atoms with Crippen LogP contribution in [0.5, 0.6) is 5.75 Å². The van der Waals surface area contributed by atoms with Crippen molar-refractivity contribution in [3.63, 3.8) is 0 Å². The maximum Gasteiger partial charge on any atom is 0.157 e. The quantitative estimate of drug-likeness (QED) is 0.732. The highest BCUT2D eigenvalue weighted by Gasteiger charge is 2.36. The SMILES string of the molecule is COc1ccc(CO[C@H]2/C=C(/C)CC[C@@H]3CC(OC)OC[C@H]3C(=O)C2)cc1. The van der Waals surface area contributed by atoms with E-state index >= 15 is 0 Å². The predicted octanol–water partition coefficient (Wildman–Crippen LogP) is 3.90. The highest BCUT2D eigenvalue weighted by Crippen LogP contribution is 2.34. The summed E-state index contributed by atoms with van der Waals surface area (Å²) in [6.45, 7) is 3.05. The minimum atomic E-state index is -0.196. The monoisotopic (exact) mass is 374 g/mol. The molecule has 1 aromatic rings. The molecule has 1 heterocycles. The van der Waals surface area contributed by atoms with Gasteiger partial charge < -0.3 is 18.9 Å². The Morgan fingerprint density at radius 2 is 1.96 bits per heavy atom. The fraction of sp³-hybridized carbons (Fsp3) is 0.591. The van der Waals surface area contributed by atoms with E-state index in [2.05, 4.69) is 13.0 Å². The number of rotatable bonds is 5. The smallest absolute Gasteiger partial charge is 0.157 e. The number of Topliss-reactive ketones (excluding diaryl/α,β-unsaturated/α-hetero) is 1. The molecule has 1 aromatic carbocycles. The number of carbonyl (C=O) groups excluding carboxylic acids is 1. The van der Waals surface area contributed by atoms with E-state index < -0.39 is 0 Å². The van der Waals surface area contributed by atoms with Gasteiger partial charge in [0.25, 0.3) is 0 Å². The first-order valence-corrected chi connectivity index (χ1v) is 9.68. The van der Waals surface area contributed by atoms with Gasteiger partial charge in [0, 0.05) is 25.9 Å². The maximum atomic E-state index is 12.9. The summed E-state index contributed by atoms with van der Waals surface area (Å²) < 4.78 is 22.3. The van der Waals surface area contributed by atoms with E-state index in [1.165, 1.54) is 5.57 Å². The zero-order valence-electron chi connectivity index (χ0n) is 16.5. The molecule has 1 unspecified atom stereocenters. The molecular weight excluding hydrogens is 344 g/mol. The molecule has 0 N–H and O–H groups in total. The first kappa shape index (κ1) is 20.1. The van der Waals surface area contributed by atoms with Gasteiger partial charge in [0.2, 0.25) is 0 Å².